The number of aryl methyl sites for hydroxylation is 1. The minimum atomic E-state index is 0.00662. The van der Waals surface area contributed by atoms with E-state index in [0.29, 0.717) is 24.2 Å². The maximum absolute atomic E-state index is 11.8. The molecule has 0 bridgehead atoms. The van der Waals surface area contributed by atoms with Crippen molar-refractivity contribution in [2.24, 2.45) is 0 Å². The Hall–Kier alpha value is -1.75. The van der Waals surface area contributed by atoms with Gasteiger partial charge in [-0.25, -0.2) is 0 Å². The molecule has 2 rings (SSSR count). The number of ether oxygens (including phenoxy) is 1. The van der Waals surface area contributed by atoms with Gasteiger partial charge in [0.25, 0.3) is 0 Å². The van der Waals surface area contributed by atoms with E-state index >= 15 is 0 Å². The number of ketones is 1. The second-order valence-corrected chi connectivity index (χ2v) is 5.44. The molecular formula is C16H22N2O3. The monoisotopic (exact) mass is 290 g/mol. The van der Waals surface area contributed by atoms with Gasteiger partial charge in [0.1, 0.15) is 0 Å². The van der Waals surface area contributed by atoms with Crippen molar-refractivity contribution in [3.63, 3.8) is 0 Å². The molecule has 0 aromatic carbocycles. The molecule has 0 radical (unpaired) electrons. The van der Waals surface area contributed by atoms with E-state index < -0.39 is 0 Å². The Labute approximate surface area is 125 Å². The topological polar surface area (TPSA) is 68.3 Å². The van der Waals surface area contributed by atoms with Gasteiger partial charge in [-0.05, 0) is 45.2 Å². The lowest BCUT2D eigenvalue weighted by Gasteiger charge is -2.10. The van der Waals surface area contributed by atoms with Gasteiger partial charge in [0.15, 0.2) is 5.78 Å². The van der Waals surface area contributed by atoms with E-state index in [1.807, 2.05) is 0 Å². The number of pyridine rings is 1. The summed E-state index contributed by atoms with van der Waals surface area (Å²) in [5.74, 6) is 0.0211. The molecule has 1 aliphatic rings. The van der Waals surface area contributed by atoms with Crippen LogP contribution in [0.5, 0.6) is 0 Å². The fourth-order valence-corrected chi connectivity index (χ4v) is 2.53. The summed E-state index contributed by atoms with van der Waals surface area (Å²) in [6, 6.07) is 3.54. The second kappa shape index (κ2) is 7.31. The van der Waals surface area contributed by atoms with Crippen molar-refractivity contribution in [1.29, 1.82) is 0 Å². The van der Waals surface area contributed by atoms with Crippen LogP contribution in [0.1, 0.15) is 54.4 Å². The van der Waals surface area contributed by atoms with Crippen LogP contribution in [0.2, 0.25) is 0 Å². The van der Waals surface area contributed by atoms with Crippen LogP contribution >= 0.6 is 0 Å². The molecule has 0 spiro atoms. The summed E-state index contributed by atoms with van der Waals surface area (Å²) in [5.41, 5.74) is 2.10. The van der Waals surface area contributed by atoms with E-state index in [2.05, 4.69) is 10.3 Å². The van der Waals surface area contributed by atoms with Crippen LogP contribution in [0.3, 0.4) is 0 Å². The summed E-state index contributed by atoms with van der Waals surface area (Å²) in [6.45, 7) is 4.54. The fraction of sp³-hybridized carbons (Fsp3) is 0.562. The highest BCUT2D eigenvalue weighted by Crippen LogP contribution is 2.16. The molecule has 1 N–H and O–H groups in total. The average Bonchev–Trinajstić information content (AvgIpc) is 2.95. The Balaban J connectivity index is 1.78. The van der Waals surface area contributed by atoms with Gasteiger partial charge in [-0.2, -0.15) is 0 Å². The van der Waals surface area contributed by atoms with Gasteiger partial charge in [0.05, 0.1) is 18.3 Å². The van der Waals surface area contributed by atoms with E-state index in [1.165, 1.54) is 6.92 Å². The first-order valence-corrected chi connectivity index (χ1v) is 7.42. The lowest BCUT2D eigenvalue weighted by Crippen LogP contribution is -2.24. The standard InChI is InChI=1S/C16H22N2O3/c1-11-15(12(2)19)7-5-13(18-11)10-17-16(20)8-6-14-4-3-9-21-14/h5,7,14H,3-4,6,8-10H2,1-2H3,(H,17,20)/t14-/m1/s1. The molecule has 1 aromatic heterocycles. The Bertz CT molecular complexity index is 522. The van der Waals surface area contributed by atoms with Crippen LogP contribution in [0.15, 0.2) is 12.1 Å². The zero-order valence-electron chi connectivity index (χ0n) is 12.6. The molecule has 5 heteroatoms. The molecule has 0 aliphatic carbocycles. The van der Waals surface area contributed by atoms with Crippen molar-refractivity contribution in [3.05, 3.63) is 29.1 Å². The molecule has 114 valence electrons. The van der Waals surface area contributed by atoms with Gasteiger partial charge in [0.2, 0.25) is 5.91 Å². The van der Waals surface area contributed by atoms with E-state index in [0.717, 1.165) is 31.6 Å². The van der Waals surface area contributed by atoms with E-state index in [4.69, 9.17) is 4.74 Å². The van der Waals surface area contributed by atoms with Crippen LogP contribution in [0.25, 0.3) is 0 Å². The third-order valence-electron chi connectivity index (χ3n) is 3.71. The summed E-state index contributed by atoms with van der Waals surface area (Å²) in [6.07, 6.45) is 3.65. The summed E-state index contributed by atoms with van der Waals surface area (Å²) >= 11 is 0. The normalized spacial score (nSPS) is 17.7. The van der Waals surface area contributed by atoms with Gasteiger partial charge in [-0.3, -0.25) is 14.6 Å². The summed E-state index contributed by atoms with van der Waals surface area (Å²) in [7, 11) is 0. The van der Waals surface area contributed by atoms with E-state index in [9.17, 15) is 9.59 Å². The van der Waals surface area contributed by atoms with Gasteiger partial charge in [-0.1, -0.05) is 0 Å². The minimum Gasteiger partial charge on any atom is -0.378 e. The Morgan fingerprint density at radius 1 is 1.43 bits per heavy atom. The lowest BCUT2D eigenvalue weighted by molar-refractivity contribution is -0.121. The SMILES string of the molecule is CC(=O)c1ccc(CNC(=O)CC[C@H]2CCCO2)nc1C. The average molecular weight is 290 g/mol. The lowest BCUT2D eigenvalue weighted by atomic mass is 10.1. The van der Waals surface area contributed by atoms with Crippen LogP contribution in [0.4, 0.5) is 0 Å². The number of hydrogen-bond donors (Lipinski definition) is 1. The third-order valence-corrected chi connectivity index (χ3v) is 3.71. The van der Waals surface area contributed by atoms with Crippen molar-refractivity contribution in [2.75, 3.05) is 6.61 Å². The van der Waals surface area contributed by atoms with Gasteiger partial charge < -0.3 is 10.1 Å². The van der Waals surface area contributed by atoms with E-state index in [1.54, 1.807) is 19.1 Å². The summed E-state index contributed by atoms with van der Waals surface area (Å²) in [4.78, 5) is 27.5. The molecule has 1 aromatic rings. The van der Waals surface area contributed by atoms with Crippen LogP contribution in [0, 0.1) is 6.92 Å². The highest BCUT2D eigenvalue weighted by atomic mass is 16.5. The number of nitrogens with one attached hydrogen (secondary N) is 1. The number of aromatic nitrogens is 1. The number of nitrogens with zero attached hydrogens (tertiary/aromatic N) is 1. The van der Waals surface area contributed by atoms with Crippen molar-refractivity contribution >= 4 is 11.7 Å². The molecule has 5 nitrogen and oxygen atoms in total. The van der Waals surface area contributed by atoms with Gasteiger partial charge in [0, 0.05) is 24.3 Å². The number of hydrogen-bond acceptors (Lipinski definition) is 4. The molecule has 1 saturated heterocycles. The number of rotatable bonds is 6. The smallest absolute Gasteiger partial charge is 0.220 e. The summed E-state index contributed by atoms with van der Waals surface area (Å²) < 4.78 is 5.49. The largest absolute Gasteiger partial charge is 0.378 e. The first-order valence-electron chi connectivity index (χ1n) is 7.42. The molecule has 1 aliphatic heterocycles. The first kappa shape index (κ1) is 15.6. The highest BCUT2D eigenvalue weighted by molar-refractivity contribution is 5.95. The number of amides is 1. The molecule has 1 atom stereocenters. The minimum absolute atomic E-state index is 0.00662. The molecule has 1 fully saturated rings. The van der Waals surface area contributed by atoms with Crippen molar-refractivity contribution in [2.45, 2.75) is 52.2 Å². The third kappa shape index (κ3) is 4.63. The van der Waals surface area contributed by atoms with Crippen LogP contribution in [-0.2, 0) is 16.1 Å². The maximum Gasteiger partial charge on any atom is 0.220 e. The highest BCUT2D eigenvalue weighted by Gasteiger charge is 2.16. The molecule has 21 heavy (non-hydrogen) atoms. The Morgan fingerprint density at radius 2 is 2.24 bits per heavy atom. The van der Waals surface area contributed by atoms with Crippen molar-refractivity contribution < 1.29 is 14.3 Å². The summed E-state index contributed by atoms with van der Waals surface area (Å²) in [5, 5.41) is 2.86. The number of carbonyl (C=O) groups is 2. The fourth-order valence-electron chi connectivity index (χ4n) is 2.53. The molecule has 0 unspecified atom stereocenters. The first-order chi connectivity index (χ1) is 10.1. The predicted octanol–water partition coefficient (Wildman–Crippen LogP) is 2.17. The molecule has 2 heterocycles. The maximum atomic E-state index is 11.8. The van der Waals surface area contributed by atoms with Gasteiger partial charge in [-0.15, -0.1) is 0 Å². The zero-order chi connectivity index (χ0) is 15.2. The van der Waals surface area contributed by atoms with Crippen LogP contribution < -0.4 is 5.32 Å². The van der Waals surface area contributed by atoms with E-state index in [-0.39, 0.29) is 17.8 Å². The molecule has 1 amide bonds. The second-order valence-electron chi connectivity index (χ2n) is 5.44. The predicted molar refractivity (Wildman–Crippen MR) is 79.0 cm³/mol. The Kier molecular flexibility index (Phi) is 5.44. The molecule has 0 saturated carbocycles. The van der Waals surface area contributed by atoms with Crippen molar-refractivity contribution in [3.8, 4) is 0 Å². The Morgan fingerprint density at radius 3 is 2.86 bits per heavy atom. The van der Waals surface area contributed by atoms with Crippen LogP contribution in [-0.4, -0.2) is 29.4 Å². The number of carbonyl (C=O) groups excluding carboxylic acids is 2. The van der Waals surface area contributed by atoms with Crippen molar-refractivity contribution in [1.82, 2.24) is 10.3 Å². The molecular weight excluding hydrogens is 268 g/mol. The zero-order valence-corrected chi connectivity index (χ0v) is 12.6. The number of Topliss-reactive ketones (excluding diaryl/α,β-unsaturated/α-hetero) is 1. The van der Waals surface area contributed by atoms with Gasteiger partial charge >= 0.3 is 0 Å². The quantitative estimate of drug-likeness (QED) is 0.815.